The van der Waals surface area contributed by atoms with E-state index in [0.29, 0.717) is 6.92 Å². The minimum atomic E-state index is -5.70. The number of carbonyl (C=O) groups is 1. The minimum absolute atomic E-state index is 0.0310. The number of esters is 1. The third-order valence-electron chi connectivity index (χ3n) is 8.14. The second kappa shape index (κ2) is 19.0. The average Bonchev–Trinajstić information content (AvgIpc) is 3.10. The van der Waals surface area contributed by atoms with Crippen molar-refractivity contribution in [1.82, 2.24) is 0 Å². The lowest BCUT2D eigenvalue weighted by atomic mass is 9.95. The van der Waals surface area contributed by atoms with Crippen LogP contribution >= 0.6 is 0 Å². The Kier molecular flexibility index (Phi) is 15.6. The lowest BCUT2D eigenvalue weighted by Crippen LogP contribution is -2.39. The molecule has 0 spiro atoms. The van der Waals surface area contributed by atoms with Gasteiger partial charge in [0.1, 0.15) is 5.75 Å². The van der Waals surface area contributed by atoms with E-state index in [-0.39, 0.29) is 54.7 Å². The van der Waals surface area contributed by atoms with E-state index < -0.39 is 45.1 Å². The van der Waals surface area contributed by atoms with Crippen LogP contribution in [0.4, 0.5) is 22.0 Å². The molecule has 0 aliphatic carbocycles. The number of hydrogen-bond acceptors (Lipinski definition) is 7. The maximum atomic E-state index is 13.0. The standard InChI is InChI=1S/C21H21S.C19H23F5O7S/c1-16-4-10-19(11-5-16)22(20-12-6-17(2)7-13-20)21-14-8-18(3)9-15-21;1-13(12-30-11-5-3-4-10-18(20,21)32(27,28)29)16(25)31-15-8-6-14(7-9-15)17(2,26)19(22,23)24/h4-15H,1-3H3;6-9,26H,1,3-5,10-12H2,2H3,(H,27,28,29)/q+1;/p-1. The number of benzene rings is 4. The molecule has 1 N–H and O–H groups in total. The van der Waals surface area contributed by atoms with E-state index in [4.69, 9.17) is 9.47 Å². The molecular weight excluding hydrogens is 752 g/mol. The number of carbonyl (C=O) groups excluding carboxylic acids is 1. The van der Waals surface area contributed by atoms with Crippen molar-refractivity contribution in [2.45, 2.75) is 85.1 Å². The van der Waals surface area contributed by atoms with Crippen molar-refractivity contribution >= 4 is 27.0 Å². The van der Waals surface area contributed by atoms with Crippen molar-refractivity contribution in [1.29, 1.82) is 0 Å². The van der Waals surface area contributed by atoms with Crippen molar-refractivity contribution in [2.24, 2.45) is 0 Å². The summed E-state index contributed by atoms with van der Waals surface area (Å²) < 4.78 is 105. The SMILES string of the molecule is C=C(COCCCCCC(F)(F)S(=O)(=O)[O-])C(=O)Oc1ccc(C(C)(O)C(F)(F)F)cc1.Cc1ccc([S+](c2ccc(C)cc2)c2ccc(C)cc2)cc1. The van der Waals surface area contributed by atoms with Crippen LogP contribution in [0, 0.1) is 20.8 Å². The molecule has 14 heteroatoms. The van der Waals surface area contributed by atoms with Crippen LogP contribution in [-0.4, -0.2) is 48.7 Å². The van der Waals surface area contributed by atoms with Crippen LogP contribution in [0.25, 0.3) is 0 Å². The molecule has 0 fully saturated rings. The van der Waals surface area contributed by atoms with Crippen molar-refractivity contribution in [2.75, 3.05) is 13.2 Å². The summed E-state index contributed by atoms with van der Waals surface area (Å²) in [6.07, 6.45) is -5.83. The molecule has 0 radical (unpaired) electrons. The molecule has 0 saturated carbocycles. The second-order valence-corrected chi connectivity index (χ2v) is 16.3. The lowest BCUT2D eigenvalue weighted by Gasteiger charge is -2.26. The molecule has 4 aromatic rings. The van der Waals surface area contributed by atoms with E-state index in [1.165, 1.54) is 31.4 Å². The molecule has 54 heavy (non-hydrogen) atoms. The van der Waals surface area contributed by atoms with E-state index in [1.807, 2.05) is 0 Å². The van der Waals surface area contributed by atoms with Gasteiger partial charge in [0.25, 0.3) is 0 Å². The zero-order valence-corrected chi connectivity index (χ0v) is 31.9. The van der Waals surface area contributed by atoms with E-state index in [0.717, 1.165) is 24.3 Å². The van der Waals surface area contributed by atoms with E-state index in [1.54, 1.807) is 0 Å². The molecule has 7 nitrogen and oxygen atoms in total. The highest BCUT2D eigenvalue weighted by atomic mass is 32.2. The summed E-state index contributed by atoms with van der Waals surface area (Å²) in [5, 5.41) is 5.27. The summed E-state index contributed by atoms with van der Waals surface area (Å²) >= 11 is 0. The molecule has 1 atom stereocenters. The van der Waals surface area contributed by atoms with Gasteiger partial charge in [0, 0.05) is 13.0 Å². The number of ether oxygens (including phenoxy) is 2. The molecule has 0 aromatic heterocycles. The van der Waals surface area contributed by atoms with Gasteiger partial charge in [0.2, 0.25) is 0 Å². The zero-order chi connectivity index (χ0) is 40.3. The summed E-state index contributed by atoms with van der Waals surface area (Å²) in [7, 11) is -5.74. The van der Waals surface area contributed by atoms with Gasteiger partial charge in [-0.2, -0.15) is 22.0 Å². The van der Waals surface area contributed by atoms with Gasteiger partial charge in [0.15, 0.2) is 30.4 Å². The third kappa shape index (κ3) is 12.8. The van der Waals surface area contributed by atoms with Gasteiger partial charge in [0.05, 0.1) is 23.1 Å². The van der Waals surface area contributed by atoms with Crippen LogP contribution in [0.2, 0.25) is 0 Å². The Morgan fingerprint density at radius 3 is 1.56 bits per heavy atom. The Balaban J connectivity index is 0.000000309. The van der Waals surface area contributed by atoms with Gasteiger partial charge < -0.3 is 19.1 Å². The fourth-order valence-electron chi connectivity index (χ4n) is 4.71. The maximum Gasteiger partial charge on any atom is 0.421 e. The van der Waals surface area contributed by atoms with Crippen LogP contribution in [0.15, 0.2) is 124 Å². The van der Waals surface area contributed by atoms with Gasteiger partial charge in [-0.3, -0.25) is 0 Å². The maximum absolute atomic E-state index is 13.0. The molecule has 0 aliphatic rings. The molecule has 0 aliphatic heterocycles. The van der Waals surface area contributed by atoms with Crippen LogP contribution in [0.3, 0.4) is 0 Å². The molecule has 0 amide bonds. The monoisotopic (exact) mass is 794 g/mol. The number of unbranched alkanes of at least 4 members (excludes halogenated alkanes) is 2. The first-order valence-electron chi connectivity index (χ1n) is 16.8. The number of hydrogen-bond donors (Lipinski definition) is 1. The van der Waals surface area contributed by atoms with Crippen molar-refractivity contribution in [3.63, 3.8) is 0 Å². The van der Waals surface area contributed by atoms with Gasteiger partial charge in [-0.1, -0.05) is 78.2 Å². The predicted octanol–water partition coefficient (Wildman–Crippen LogP) is 9.34. The highest BCUT2D eigenvalue weighted by molar-refractivity contribution is 7.97. The number of halogens is 5. The number of aryl methyl sites for hydroxylation is 3. The quantitative estimate of drug-likeness (QED) is 0.0243. The molecule has 4 aromatic carbocycles. The van der Waals surface area contributed by atoms with Gasteiger partial charge >= 0.3 is 17.4 Å². The lowest BCUT2D eigenvalue weighted by molar-refractivity contribution is -0.258. The number of aliphatic hydroxyl groups is 1. The summed E-state index contributed by atoms with van der Waals surface area (Å²) in [6, 6.07) is 30.9. The number of rotatable bonds is 15. The fraction of sp³-hybridized carbons (Fsp3) is 0.325. The molecule has 0 bridgehead atoms. The Bertz CT molecular complexity index is 1820. The molecule has 0 saturated heterocycles. The van der Waals surface area contributed by atoms with Crippen molar-refractivity contribution < 1.29 is 54.3 Å². The van der Waals surface area contributed by atoms with Gasteiger partial charge in [-0.15, -0.1) is 0 Å². The third-order valence-corrected chi connectivity index (χ3v) is 11.3. The first-order chi connectivity index (χ1) is 25.1. The number of alkyl halides is 5. The average molecular weight is 795 g/mol. The molecule has 1 unspecified atom stereocenters. The van der Waals surface area contributed by atoms with Gasteiger partial charge in [-0.05, 0) is 94.6 Å². The first kappa shape index (κ1) is 44.3. The predicted molar refractivity (Wildman–Crippen MR) is 196 cm³/mol. The Hall–Kier alpha value is -4.08. The van der Waals surface area contributed by atoms with Crippen LogP contribution in [0.1, 0.15) is 54.9 Å². The summed E-state index contributed by atoms with van der Waals surface area (Å²) in [4.78, 5) is 16.0. The smallest absolute Gasteiger partial charge is 0.421 e. The van der Waals surface area contributed by atoms with Crippen LogP contribution in [-0.2, 0) is 36.1 Å². The Labute approximate surface area is 315 Å². The zero-order valence-electron chi connectivity index (χ0n) is 30.3. The highest BCUT2D eigenvalue weighted by Gasteiger charge is 2.51. The normalized spacial score (nSPS) is 13.1. The summed E-state index contributed by atoms with van der Waals surface area (Å²) in [5.41, 5.74) is 0.268. The topological polar surface area (TPSA) is 113 Å². The first-order valence-corrected chi connectivity index (χ1v) is 19.4. The Morgan fingerprint density at radius 1 is 0.741 bits per heavy atom. The molecule has 0 heterocycles. The Morgan fingerprint density at radius 2 is 1.17 bits per heavy atom. The molecule has 4 rings (SSSR count). The fourth-order valence-corrected chi connectivity index (χ4v) is 7.15. The highest BCUT2D eigenvalue weighted by Crippen LogP contribution is 2.39. The summed E-state index contributed by atoms with van der Waals surface area (Å²) in [6.45, 7) is 10.2. The van der Waals surface area contributed by atoms with Crippen LogP contribution in [0.5, 0.6) is 5.75 Å². The van der Waals surface area contributed by atoms with Crippen LogP contribution < -0.4 is 4.74 Å². The van der Waals surface area contributed by atoms with Crippen molar-refractivity contribution in [3.05, 3.63) is 131 Å². The minimum Gasteiger partial charge on any atom is -0.743 e. The summed E-state index contributed by atoms with van der Waals surface area (Å²) in [5.74, 6) is -1.01. The van der Waals surface area contributed by atoms with E-state index >= 15 is 0 Å². The van der Waals surface area contributed by atoms with Gasteiger partial charge in [-0.25, -0.2) is 13.2 Å². The van der Waals surface area contributed by atoms with E-state index in [9.17, 15) is 44.8 Å². The molecule has 292 valence electrons. The second-order valence-electron chi connectivity index (χ2n) is 12.8. The van der Waals surface area contributed by atoms with Crippen molar-refractivity contribution in [3.8, 4) is 5.75 Å². The molecular formula is C40H43F5O7S2. The van der Waals surface area contributed by atoms with E-state index in [2.05, 4.69) is 100 Å². The largest absolute Gasteiger partial charge is 0.743 e.